The highest BCUT2D eigenvalue weighted by atomic mass is 127. The molecule has 108 valence electrons. The predicted molar refractivity (Wildman–Crippen MR) is 90.6 cm³/mol. The molecule has 0 aliphatic rings. The number of hydrogen-bond acceptors (Lipinski definition) is 2. The molecule has 1 N–H and O–H groups in total. The van der Waals surface area contributed by atoms with Crippen LogP contribution in [0.25, 0.3) is 0 Å². The lowest BCUT2D eigenvalue weighted by atomic mass is 10.4. The number of aryl methyl sites for hydroxylation is 3. The molecule has 4 nitrogen and oxygen atoms in total. The molecule has 0 saturated heterocycles. The molecule has 19 heavy (non-hydrogen) atoms. The maximum absolute atomic E-state index is 5.48. The van der Waals surface area contributed by atoms with Crippen molar-refractivity contribution < 1.29 is 0 Å². The first-order valence-electron chi connectivity index (χ1n) is 5.76. The normalized spacial score (nSPS) is 9.11. The van der Waals surface area contributed by atoms with Crippen molar-refractivity contribution in [3.05, 3.63) is 35.9 Å². The number of H-pyrrole nitrogens is 1. The Hall–Kier alpha value is -0.270. The molecular formula is C12H19Cl2IN4. The zero-order valence-electron chi connectivity index (χ0n) is 11.1. The van der Waals surface area contributed by atoms with Crippen LogP contribution in [0.2, 0.25) is 0 Å². The number of nitrogens with one attached hydrogen (secondary N) is 1. The molecule has 0 atom stereocenters. The third-order valence-corrected chi connectivity index (χ3v) is 3.32. The fourth-order valence-corrected chi connectivity index (χ4v) is 1.16. The van der Waals surface area contributed by atoms with Crippen molar-refractivity contribution in [2.24, 2.45) is 0 Å². The van der Waals surface area contributed by atoms with Crippen molar-refractivity contribution in [3.8, 4) is 0 Å². The van der Waals surface area contributed by atoms with Gasteiger partial charge >= 0.3 is 0 Å². The molecule has 0 bridgehead atoms. The van der Waals surface area contributed by atoms with Gasteiger partial charge < -0.3 is 0 Å². The first-order valence-corrected chi connectivity index (χ1v) is 8.35. The molecule has 0 aliphatic carbocycles. The lowest BCUT2D eigenvalue weighted by Crippen LogP contribution is -1.98. The van der Waals surface area contributed by atoms with Crippen molar-refractivity contribution in [3.63, 3.8) is 0 Å². The van der Waals surface area contributed by atoms with Crippen molar-refractivity contribution in [2.75, 3.05) is 16.2 Å². The van der Waals surface area contributed by atoms with Gasteiger partial charge in [0.25, 0.3) is 0 Å². The van der Waals surface area contributed by atoms with E-state index in [2.05, 4.69) is 37.9 Å². The molecule has 0 aromatic carbocycles. The van der Waals surface area contributed by atoms with E-state index >= 15 is 0 Å². The summed E-state index contributed by atoms with van der Waals surface area (Å²) in [7, 11) is 0. The highest BCUT2D eigenvalue weighted by Gasteiger charge is 1.89. The van der Waals surface area contributed by atoms with Crippen LogP contribution in [-0.4, -0.2) is 36.2 Å². The van der Waals surface area contributed by atoms with Crippen LogP contribution in [-0.2, 0) is 6.54 Å². The molecule has 0 saturated carbocycles. The molecule has 2 rings (SSSR count). The Labute approximate surface area is 138 Å². The van der Waals surface area contributed by atoms with Crippen LogP contribution in [0.3, 0.4) is 0 Å². The molecular weight excluding hydrogens is 398 g/mol. The summed E-state index contributed by atoms with van der Waals surface area (Å²) < 4.78 is 2.89. The molecule has 0 fully saturated rings. The Morgan fingerprint density at radius 2 is 1.89 bits per heavy atom. The summed E-state index contributed by atoms with van der Waals surface area (Å²) in [5.74, 6) is 1.40. The van der Waals surface area contributed by atoms with Crippen LogP contribution in [0.4, 0.5) is 0 Å². The number of aromatic nitrogens is 4. The fraction of sp³-hybridized carbons (Fsp3) is 0.500. The van der Waals surface area contributed by atoms with E-state index in [1.165, 1.54) is 11.1 Å². The minimum atomic E-state index is 0.626. The van der Waals surface area contributed by atoms with Crippen LogP contribution in [0.15, 0.2) is 24.8 Å². The van der Waals surface area contributed by atoms with Crippen LogP contribution < -0.4 is 0 Å². The summed E-state index contributed by atoms with van der Waals surface area (Å²) in [6.45, 7) is 4.80. The Morgan fingerprint density at radius 1 is 1.21 bits per heavy atom. The van der Waals surface area contributed by atoms with Crippen LogP contribution in [0, 0.1) is 13.8 Å². The molecule has 0 aliphatic heterocycles. The van der Waals surface area contributed by atoms with E-state index < -0.39 is 0 Å². The second-order valence-electron chi connectivity index (χ2n) is 3.62. The maximum Gasteiger partial charge on any atom is 0.0544 e. The largest absolute Gasteiger partial charge is 0.285 e. The summed E-state index contributed by atoms with van der Waals surface area (Å²) in [6.07, 6.45) is 7.43. The van der Waals surface area contributed by atoms with Crippen molar-refractivity contribution in [1.82, 2.24) is 20.0 Å². The number of nitrogens with zero attached hydrogens (tertiary/aromatic N) is 3. The third-order valence-electron chi connectivity index (χ3n) is 1.78. The van der Waals surface area contributed by atoms with E-state index in [0.717, 1.165) is 16.9 Å². The van der Waals surface area contributed by atoms with Gasteiger partial charge in [-0.15, -0.1) is 23.2 Å². The average Bonchev–Trinajstić information content (AvgIpc) is 3.03. The number of aromatic amines is 1. The molecule has 2 aromatic heterocycles. The summed E-state index contributed by atoms with van der Waals surface area (Å²) in [4.78, 5) is 0. The summed E-state index contributed by atoms with van der Waals surface area (Å²) in [6, 6.07) is 0. The smallest absolute Gasteiger partial charge is 0.0544 e. The monoisotopic (exact) mass is 416 g/mol. The van der Waals surface area contributed by atoms with Crippen LogP contribution in [0.5, 0.6) is 0 Å². The van der Waals surface area contributed by atoms with Gasteiger partial charge in [0.2, 0.25) is 0 Å². The van der Waals surface area contributed by atoms with E-state index in [4.69, 9.17) is 23.2 Å². The first-order chi connectivity index (χ1) is 9.13. The lowest BCUT2D eigenvalue weighted by Gasteiger charge is -1.92. The number of halogens is 3. The number of hydrogen-bond donors (Lipinski definition) is 1. The quantitative estimate of drug-likeness (QED) is 0.610. The van der Waals surface area contributed by atoms with Gasteiger partial charge in [-0.25, -0.2) is 0 Å². The SMILES string of the molecule is Cc1cn[nH]c1.Cc1cnn(CCCl)c1.ClCCI. The summed E-state index contributed by atoms with van der Waals surface area (Å²) in [5, 5.41) is 10.4. The zero-order chi connectivity index (χ0) is 14.5. The van der Waals surface area contributed by atoms with Gasteiger partial charge in [-0.1, -0.05) is 22.6 Å². The third kappa shape index (κ3) is 11.3. The van der Waals surface area contributed by atoms with E-state index in [0.29, 0.717) is 5.88 Å². The Balaban J connectivity index is 0.000000281. The Kier molecular flexibility index (Phi) is 12.6. The van der Waals surface area contributed by atoms with Crippen molar-refractivity contribution in [1.29, 1.82) is 0 Å². The number of rotatable bonds is 3. The standard InChI is InChI=1S/C6H9ClN2.C4H6N2.C2H4ClI/c1-6-4-8-9(5-6)3-2-7;1-4-2-5-6-3-4;3-1-2-4/h4-5H,2-3H2,1H3;2-3H,1H3,(H,5,6);1-2H2. The van der Waals surface area contributed by atoms with Crippen LogP contribution in [0.1, 0.15) is 11.1 Å². The number of alkyl halides is 3. The average molecular weight is 417 g/mol. The Morgan fingerprint density at radius 3 is 2.16 bits per heavy atom. The highest BCUT2D eigenvalue weighted by Crippen LogP contribution is 1.93. The van der Waals surface area contributed by atoms with Gasteiger partial charge in [-0.3, -0.25) is 9.78 Å². The second kappa shape index (κ2) is 12.7. The van der Waals surface area contributed by atoms with Crippen molar-refractivity contribution in [2.45, 2.75) is 20.4 Å². The predicted octanol–water partition coefficient (Wildman–Crippen LogP) is 3.81. The zero-order valence-corrected chi connectivity index (χ0v) is 14.8. The van der Waals surface area contributed by atoms with Gasteiger partial charge in [-0.05, 0) is 25.0 Å². The second-order valence-corrected chi connectivity index (χ2v) is 5.46. The molecule has 7 heteroatoms. The molecule has 0 radical (unpaired) electrons. The summed E-state index contributed by atoms with van der Waals surface area (Å²) >= 11 is 12.9. The van der Waals surface area contributed by atoms with Crippen LogP contribution >= 0.6 is 45.8 Å². The van der Waals surface area contributed by atoms with Gasteiger partial charge in [0.1, 0.15) is 0 Å². The lowest BCUT2D eigenvalue weighted by molar-refractivity contribution is 0.664. The minimum absolute atomic E-state index is 0.626. The van der Waals surface area contributed by atoms with E-state index in [1.54, 1.807) is 6.20 Å². The molecule has 0 spiro atoms. The maximum atomic E-state index is 5.48. The molecule has 0 amide bonds. The van der Waals surface area contributed by atoms with Crippen molar-refractivity contribution >= 4 is 45.8 Å². The van der Waals surface area contributed by atoms with Gasteiger partial charge in [0, 0.05) is 28.6 Å². The van der Waals surface area contributed by atoms with E-state index in [-0.39, 0.29) is 0 Å². The molecule has 2 heterocycles. The van der Waals surface area contributed by atoms with E-state index in [9.17, 15) is 0 Å². The summed E-state index contributed by atoms with van der Waals surface area (Å²) in [5.41, 5.74) is 2.36. The minimum Gasteiger partial charge on any atom is -0.285 e. The van der Waals surface area contributed by atoms with Gasteiger partial charge in [0.15, 0.2) is 0 Å². The fourth-order valence-electron chi connectivity index (χ4n) is 0.991. The van der Waals surface area contributed by atoms with E-state index in [1.807, 2.05) is 37.1 Å². The molecule has 0 unspecified atom stereocenters. The first kappa shape index (κ1) is 18.7. The highest BCUT2D eigenvalue weighted by molar-refractivity contribution is 14.1. The molecule has 2 aromatic rings. The Bertz CT molecular complexity index is 402. The van der Waals surface area contributed by atoms with Gasteiger partial charge in [-0.2, -0.15) is 10.2 Å². The van der Waals surface area contributed by atoms with Gasteiger partial charge in [0.05, 0.1) is 18.9 Å². The topological polar surface area (TPSA) is 46.5 Å².